The molecule has 0 aliphatic carbocycles. The zero-order valence-corrected chi connectivity index (χ0v) is 11.0. The van der Waals surface area contributed by atoms with Crippen LogP contribution in [-0.4, -0.2) is 9.78 Å². The smallest absolute Gasteiger partial charge is 0.270 e. The summed E-state index contributed by atoms with van der Waals surface area (Å²) in [5.41, 5.74) is 1.72. The molecule has 1 aromatic carbocycles. The van der Waals surface area contributed by atoms with E-state index in [2.05, 4.69) is 10.4 Å². The van der Waals surface area contributed by atoms with Gasteiger partial charge in [0.15, 0.2) is 0 Å². The van der Waals surface area contributed by atoms with Crippen molar-refractivity contribution in [1.82, 2.24) is 9.78 Å². The van der Waals surface area contributed by atoms with E-state index in [-0.39, 0.29) is 5.56 Å². The number of benzene rings is 1. The average molecular weight is 265 g/mol. The minimum absolute atomic E-state index is 0.0155. The van der Waals surface area contributed by atoms with E-state index in [1.165, 1.54) is 12.1 Å². The van der Waals surface area contributed by atoms with Gasteiger partial charge in [-0.3, -0.25) is 4.68 Å². The first kappa shape index (κ1) is 13.5. The van der Waals surface area contributed by atoms with E-state index in [1.807, 2.05) is 17.8 Å². The second-order valence-electron chi connectivity index (χ2n) is 4.53. The predicted octanol–water partition coefficient (Wildman–Crippen LogP) is 3.63. The second-order valence-corrected chi connectivity index (χ2v) is 4.53. The molecular weight excluding hydrogens is 248 g/mol. The third kappa shape index (κ3) is 3.53. The molecule has 0 fully saturated rings. The molecule has 5 heteroatoms. The minimum Gasteiger partial charge on any atom is -0.381 e. The van der Waals surface area contributed by atoms with Crippen LogP contribution in [0.2, 0.25) is 0 Å². The van der Waals surface area contributed by atoms with Crippen molar-refractivity contribution >= 4 is 5.69 Å². The number of nitrogens with one attached hydrogen (secondary N) is 1. The van der Waals surface area contributed by atoms with E-state index in [4.69, 9.17) is 0 Å². The minimum atomic E-state index is -2.81. The van der Waals surface area contributed by atoms with E-state index in [1.54, 1.807) is 18.3 Å². The summed E-state index contributed by atoms with van der Waals surface area (Å²) in [5, 5.41) is 7.28. The molecule has 102 valence electrons. The number of hydrogen-bond donors (Lipinski definition) is 1. The van der Waals surface area contributed by atoms with Crippen LogP contribution in [0.3, 0.4) is 0 Å². The lowest BCUT2D eigenvalue weighted by Gasteiger charge is -2.12. The first-order valence-electron chi connectivity index (χ1n) is 6.22. The van der Waals surface area contributed by atoms with Crippen LogP contribution in [0.5, 0.6) is 0 Å². The molecule has 0 aliphatic heterocycles. The Hall–Kier alpha value is -1.91. The van der Waals surface area contributed by atoms with Gasteiger partial charge in [-0.05, 0) is 19.1 Å². The van der Waals surface area contributed by atoms with Gasteiger partial charge in [-0.25, -0.2) is 8.78 Å². The van der Waals surface area contributed by atoms with Gasteiger partial charge >= 0.3 is 0 Å². The summed E-state index contributed by atoms with van der Waals surface area (Å²) < 4.78 is 28.2. The molecule has 0 atom stereocenters. The van der Waals surface area contributed by atoms with Crippen molar-refractivity contribution in [3.63, 3.8) is 0 Å². The maximum Gasteiger partial charge on any atom is 0.270 e. The highest BCUT2D eigenvalue weighted by Gasteiger charge is 2.24. The number of rotatable bonds is 5. The second kappa shape index (κ2) is 5.38. The molecule has 0 bridgehead atoms. The van der Waals surface area contributed by atoms with Crippen LogP contribution in [0.4, 0.5) is 14.5 Å². The molecule has 1 heterocycles. The van der Waals surface area contributed by atoms with Gasteiger partial charge in [-0.1, -0.05) is 12.1 Å². The Labute approximate surface area is 111 Å². The third-order valence-corrected chi connectivity index (χ3v) is 2.88. The van der Waals surface area contributed by atoms with E-state index in [0.29, 0.717) is 12.2 Å². The summed E-state index contributed by atoms with van der Waals surface area (Å²) in [6.07, 6.45) is 3.71. The largest absolute Gasteiger partial charge is 0.381 e. The molecule has 0 radical (unpaired) electrons. The van der Waals surface area contributed by atoms with E-state index < -0.39 is 5.92 Å². The van der Waals surface area contributed by atoms with Crippen LogP contribution in [0.25, 0.3) is 0 Å². The van der Waals surface area contributed by atoms with Crippen LogP contribution < -0.4 is 5.32 Å². The van der Waals surface area contributed by atoms with Crippen LogP contribution in [0.1, 0.15) is 25.0 Å². The number of nitrogens with zero attached hydrogens (tertiary/aromatic N) is 2. The molecule has 19 heavy (non-hydrogen) atoms. The van der Waals surface area contributed by atoms with Gasteiger partial charge < -0.3 is 5.32 Å². The van der Waals surface area contributed by atoms with Gasteiger partial charge in [0.1, 0.15) is 0 Å². The van der Waals surface area contributed by atoms with E-state index >= 15 is 0 Å². The summed E-state index contributed by atoms with van der Waals surface area (Å²) in [7, 11) is 0. The molecule has 0 amide bonds. The normalized spacial score (nSPS) is 11.6. The van der Waals surface area contributed by atoms with Gasteiger partial charge in [0.25, 0.3) is 5.92 Å². The first-order chi connectivity index (χ1) is 8.99. The van der Waals surface area contributed by atoms with E-state index in [9.17, 15) is 8.78 Å². The van der Waals surface area contributed by atoms with Gasteiger partial charge in [0.05, 0.1) is 6.20 Å². The van der Waals surface area contributed by atoms with Crippen molar-refractivity contribution in [3.05, 3.63) is 47.8 Å². The van der Waals surface area contributed by atoms with Crippen LogP contribution >= 0.6 is 0 Å². The van der Waals surface area contributed by atoms with Gasteiger partial charge in [0.2, 0.25) is 0 Å². The summed E-state index contributed by atoms with van der Waals surface area (Å²) in [6, 6.07) is 6.31. The zero-order valence-electron chi connectivity index (χ0n) is 11.0. The molecule has 0 saturated carbocycles. The van der Waals surface area contributed by atoms with Gasteiger partial charge in [0, 0.05) is 43.0 Å². The van der Waals surface area contributed by atoms with Crippen molar-refractivity contribution < 1.29 is 8.78 Å². The number of anilines is 1. The highest BCUT2D eigenvalue weighted by atomic mass is 19.3. The molecule has 1 N–H and O–H groups in total. The molecular formula is C14H17F2N3. The number of halogens is 2. The maximum atomic E-state index is 13.2. The van der Waals surface area contributed by atoms with Crippen LogP contribution in [-0.2, 0) is 19.0 Å². The number of aryl methyl sites for hydroxylation is 1. The molecule has 0 saturated heterocycles. The zero-order chi connectivity index (χ0) is 13.9. The summed E-state index contributed by atoms with van der Waals surface area (Å²) >= 11 is 0. The topological polar surface area (TPSA) is 29.9 Å². The summed E-state index contributed by atoms with van der Waals surface area (Å²) in [5.74, 6) is -2.81. The Morgan fingerprint density at radius 3 is 2.79 bits per heavy atom. The monoisotopic (exact) mass is 265 g/mol. The quantitative estimate of drug-likeness (QED) is 0.894. The lowest BCUT2D eigenvalue weighted by atomic mass is 10.1. The molecule has 0 aliphatic rings. The third-order valence-electron chi connectivity index (χ3n) is 2.88. The Balaban J connectivity index is 2.03. The first-order valence-corrected chi connectivity index (χ1v) is 6.22. The van der Waals surface area contributed by atoms with Crippen molar-refractivity contribution in [3.8, 4) is 0 Å². The Morgan fingerprint density at radius 2 is 2.16 bits per heavy atom. The maximum absolute atomic E-state index is 13.2. The Bertz CT molecular complexity index is 544. The highest BCUT2D eigenvalue weighted by molar-refractivity contribution is 5.47. The lowest BCUT2D eigenvalue weighted by Crippen LogP contribution is -2.07. The molecule has 2 rings (SSSR count). The average Bonchev–Trinajstić information content (AvgIpc) is 2.84. The van der Waals surface area contributed by atoms with Crippen LogP contribution in [0.15, 0.2) is 36.7 Å². The number of alkyl halides is 2. The summed E-state index contributed by atoms with van der Waals surface area (Å²) in [4.78, 5) is 0. The standard InChI is InChI=1S/C14H17F2N3/c1-3-19-10-11(9-18-19)8-17-13-6-4-5-12(7-13)14(2,15)16/h4-7,9-10,17H,3,8H2,1-2H3. The number of aromatic nitrogens is 2. The Morgan fingerprint density at radius 1 is 1.37 bits per heavy atom. The van der Waals surface area contributed by atoms with Crippen molar-refractivity contribution in [2.24, 2.45) is 0 Å². The fourth-order valence-electron chi connectivity index (χ4n) is 1.78. The summed E-state index contributed by atoms with van der Waals surface area (Å²) in [6.45, 7) is 4.30. The van der Waals surface area contributed by atoms with Crippen molar-refractivity contribution in [2.45, 2.75) is 32.9 Å². The molecule has 2 aromatic rings. The SMILES string of the molecule is CCn1cc(CNc2cccc(C(C)(F)F)c2)cn1. The van der Waals surface area contributed by atoms with Crippen molar-refractivity contribution in [2.75, 3.05) is 5.32 Å². The Kier molecular flexibility index (Phi) is 3.83. The predicted molar refractivity (Wildman–Crippen MR) is 71.2 cm³/mol. The molecule has 0 unspecified atom stereocenters. The highest BCUT2D eigenvalue weighted by Crippen LogP contribution is 2.28. The number of hydrogen-bond acceptors (Lipinski definition) is 2. The molecule has 1 aromatic heterocycles. The van der Waals surface area contributed by atoms with Gasteiger partial charge in [-0.15, -0.1) is 0 Å². The fraction of sp³-hybridized carbons (Fsp3) is 0.357. The molecule has 0 spiro atoms. The molecule has 3 nitrogen and oxygen atoms in total. The van der Waals surface area contributed by atoms with Gasteiger partial charge in [-0.2, -0.15) is 5.10 Å². The van der Waals surface area contributed by atoms with Crippen molar-refractivity contribution in [1.29, 1.82) is 0 Å². The van der Waals surface area contributed by atoms with E-state index in [0.717, 1.165) is 19.0 Å². The fourth-order valence-corrected chi connectivity index (χ4v) is 1.78. The van der Waals surface area contributed by atoms with Crippen LogP contribution in [0, 0.1) is 0 Å². The lowest BCUT2D eigenvalue weighted by molar-refractivity contribution is 0.0175.